The van der Waals surface area contributed by atoms with Gasteiger partial charge in [0.05, 0.1) is 24.1 Å². The van der Waals surface area contributed by atoms with Gasteiger partial charge in [-0.1, -0.05) is 12.8 Å². The van der Waals surface area contributed by atoms with E-state index in [-0.39, 0.29) is 48.1 Å². The van der Waals surface area contributed by atoms with Crippen LogP contribution < -0.4 is 10.5 Å². The molecule has 9 heteroatoms. The first-order valence-electron chi connectivity index (χ1n) is 11.5. The fraction of sp³-hybridized carbons (Fsp3) is 0.682. The number of imide groups is 1. The molecule has 166 valence electrons. The topological polar surface area (TPSA) is 107 Å². The van der Waals surface area contributed by atoms with Crippen LogP contribution >= 0.6 is 0 Å². The normalized spacial score (nSPS) is 25.7. The van der Waals surface area contributed by atoms with Crippen LogP contribution in [-0.2, 0) is 27.3 Å². The van der Waals surface area contributed by atoms with Gasteiger partial charge < -0.3 is 9.80 Å². The highest BCUT2D eigenvalue weighted by atomic mass is 16.2. The van der Waals surface area contributed by atoms with Gasteiger partial charge in [-0.15, -0.1) is 0 Å². The van der Waals surface area contributed by atoms with Gasteiger partial charge in [0.1, 0.15) is 0 Å². The van der Waals surface area contributed by atoms with E-state index in [1.165, 1.54) is 4.90 Å². The lowest BCUT2D eigenvalue weighted by atomic mass is 9.81. The van der Waals surface area contributed by atoms with Crippen LogP contribution in [-0.4, -0.2) is 63.7 Å². The number of rotatable bonds is 4. The van der Waals surface area contributed by atoms with Gasteiger partial charge in [0, 0.05) is 38.2 Å². The molecule has 0 spiro atoms. The Labute approximate surface area is 180 Å². The molecule has 2 atom stereocenters. The number of carbonyl (C=O) groups is 3. The number of H-pyrrole nitrogens is 1. The summed E-state index contributed by atoms with van der Waals surface area (Å²) in [5, 5.41) is 0. The van der Waals surface area contributed by atoms with Crippen molar-refractivity contribution in [3.8, 4) is 0 Å². The number of anilines is 1. The number of hydrogen-bond acceptors (Lipinski definition) is 6. The first-order chi connectivity index (χ1) is 15.0. The number of fused-ring (bicyclic) bond motifs is 2. The van der Waals surface area contributed by atoms with Gasteiger partial charge >= 0.3 is 0 Å². The van der Waals surface area contributed by atoms with Crippen molar-refractivity contribution < 1.29 is 14.4 Å². The highest BCUT2D eigenvalue weighted by Gasteiger charge is 2.48. The summed E-state index contributed by atoms with van der Waals surface area (Å²) < 4.78 is 0. The quantitative estimate of drug-likeness (QED) is 0.713. The molecule has 5 rings (SSSR count). The monoisotopic (exact) mass is 427 g/mol. The van der Waals surface area contributed by atoms with E-state index in [9.17, 15) is 19.2 Å². The lowest BCUT2D eigenvalue weighted by molar-refractivity contribution is -0.141. The molecule has 2 saturated heterocycles. The van der Waals surface area contributed by atoms with Gasteiger partial charge in [-0.2, -0.15) is 0 Å². The van der Waals surface area contributed by atoms with Crippen LogP contribution in [0, 0.1) is 11.8 Å². The van der Waals surface area contributed by atoms with Crippen molar-refractivity contribution >= 4 is 23.7 Å². The number of nitrogens with one attached hydrogen (secondary N) is 1. The van der Waals surface area contributed by atoms with Crippen molar-refractivity contribution in [2.45, 2.75) is 57.9 Å². The van der Waals surface area contributed by atoms with Gasteiger partial charge in [-0.25, -0.2) is 4.98 Å². The van der Waals surface area contributed by atoms with Crippen LogP contribution in [0.25, 0.3) is 0 Å². The van der Waals surface area contributed by atoms with Gasteiger partial charge in [0.25, 0.3) is 5.56 Å². The molecule has 4 aliphatic rings. The summed E-state index contributed by atoms with van der Waals surface area (Å²) in [6.45, 7) is 2.65. The summed E-state index contributed by atoms with van der Waals surface area (Å²) in [5.41, 5.74) is 1.19. The molecule has 3 aliphatic heterocycles. The molecule has 0 radical (unpaired) electrons. The summed E-state index contributed by atoms with van der Waals surface area (Å²) in [6, 6.07) is 0. The molecule has 1 aliphatic carbocycles. The number of amides is 3. The third-order valence-electron chi connectivity index (χ3n) is 7.30. The smallest absolute Gasteiger partial charge is 0.255 e. The zero-order valence-corrected chi connectivity index (χ0v) is 17.8. The SMILES string of the molecule is O=C(CCN1C(=O)[C@@H]2CCCC[C@H]2C1=O)N1CCc2c(nc(N3CCCC3)[nH]c2=O)C1. The second-order valence-corrected chi connectivity index (χ2v) is 9.15. The highest BCUT2D eigenvalue weighted by Crippen LogP contribution is 2.38. The molecule has 9 nitrogen and oxygen atoms in total. The molecule has 1 aromatic heterocycles. The minimum atomic E-state index is -0.182. The van der Waals surface area contributed by atoms with Gasteiger partial charge in [0.15, 0.2) is 0 Å². The van der Waals surface area contributed by atoms with Crippen molar-refractivity contribution in [3.05, 3.63) is 21.6 Å². The Bertz CT molecular complexity index is 943. The summed E-state index contributed by atoms with van der Waals surface area (Å²) in [7, 11) is 0. The van der Waals surface area contributed by atoms with E-state index in [4.69, 9.17) is 0 Å². The predicted octanol–water partition coefficient (Wildman–Crippen LogP) is 0.820. The maximum absolute atomic E-state index is 12.9. The summed E-state index contributed by atoms with van der Waals surface area (Å²) in [6.07, 6.45) is 6.30. The zero-order chi connectivity index (χ0) is 21.5. The molecule has 1 saturated carbocycles. The van der Waals surface area contributed by atoms with E-state index >= 15 is 0 Å². The largest absolute Gasteiger partial charge is 0.342 e. The molecule has 4 heterocycles. The number of likely N-dealkylation sites (tertiary alicyclic amines) is 1. The van der Waals surface area contributed by atoms with Crippen LogP contribution in [0.15, 0.2) is 4.79 Å². The van der Waals surface area contributed by atoms with Crippen molar-refractivity contribution in [1.82, 2.24) is 19.8 Å². The number of aromatic nitrogens is 2. The highest BCUT2D eigenvalue weighted by molar-refractivity contribution is 6.05. The van der Waals surface area contributed by atoms with Crippen LogP contribution in [0.2, 0.25) is 0 Å². The predicted molar refractivity (Wildman–Crippen MR) is 112 cm³/mol. The first-order valence-corrected chi connectivity index (χ1v) is 11.5. The van der Waals surface area contributed by atoms with Crippen molar-refractivity contribution in [1.29, 1.82) is 0 Å². The van der Waals surface area contributed by atoms with Crippen molar-refractivity contribution in [2.24, 2.45) is 11.8 Å². The van der Waals surface area contributed by atoms with E-state index in [2.05, 4.69) is 14.9 Å². The number of aromatic amines is 1. The first kappa shape index (κ1) is 20.2. The summed E-state index contributed by atoms with van der Waals surface area (Å²) in [5.74, 6) is -0.0847. The fourth-order valence-corrected chi connectivity index (χ4v) is 5.54. The van der Waals surface area contributed by atoms with Crippen LogP contribution in [0.1, 0.15) is 56.2 Å². The summed E-state index contributed by atoms with van der Waals surface area (Å²) in [4.78, 5) is 63.3. The molecule has 0 aromatic carbocycles. The van der Waals surface area contributed by atoms with Crippen LogP contribution in [0.5, 0.6) is 0 Å². The second-order valence-electron chi connectivity index (χ2n) is 9.15. The molecular weight excluding hydrogens is 398 g/mol. The Hall–Kier alpha value is -2.71. The second kappa shape index (κ2) is 8.09. The van der Waals surface area contributed by atoms with E-state index in [0.29, 0.717) is 36.7 Å². The summed E-state index contributed by atoms with van der Waals surface area (Å²) >= 11 is 0. The molecular formula is C22H29N5O4. The number of hydrogen-bond donors (Lipinski definition) is 1. The van der Waals surface area contributed by atoms with E-state index in [0.717, 1.165) is 51.6 Å². The van der Waals surface area contributed by atoms with Gasteiger partial charge in [-0.3, -0.25) is 29.1 Å². The Kier molecular flexibility index (Phi) is 5.27. The van der Waals surface area contributed by atoms with E-state index in [1.54, 1.807) is 4.90 Å². The maximum Gasteiger partial charge on any atom is 0.255 e. The average molecular weight is 428 g/mol. The van der Waals surface area contributed by atoms with E-state index < -0.39 is 0 Å². The lowest BCUT2D eigenvalue weighted by Gasteiger charge is -2.29. The van der Waals surface area contributed by atoms with Crippen LogP contribution in [0.4, 0.5) is 5.95 Å². The Morgan fingerprint density at radius 2 is 1.65 bits per heavy atom. The van der Waals surface area contributed by atoms with Gasteiger partial charge in [-0.05, 0) is 32.1 Å². The van der Waals surface area contributed by atoms with Crippen molar-refractivity contribution in [3.63, 3.8) is 0 Å². The van der Waals surface area contributed by atoms with Crippen LogP contribution in [0.3, 0.4) is 0 Å². The molecule has 3 amide bonds. The third-order valence-corrected chi connectivity index (χ3v) is 7.30. The fourth-order valence-electron chi connectivity index (χ4n) is 5.54. The molecule has 1 aromatic rings. The number of carbonyl (C=O) groups excluding carboxylic acids is 3. The third kappa shape index (κ3) is 3.64. The Morgan fingerprint density at radius 3 is 2.32 bits per heavy atom. The molecule has 0 bridgehead atoms. The Balaban J connectivity index is 1.24. The molecule has 3 fully saturated rings. The standard InChI is InChI=1S/C22H29N5O4/c28-18(8-12-27-20(30)14-5-1-2-6-15(14)21(27)31)26-11-7-16-17(13-26)23-22(24-19(16)29)25-9-3-4-10-25/h14-15H,1-13H2,(H,23,24,29)/t14-,15-/m1/s1. The maximum atomic E-state index is 12.9. The Morgan fingerprint density at radius 1 is 0.968 bits per heavy atom. The average Bonchev–Trinajstić information content (AvgIpc) is 3.40. The lowest BCUT2D eigenvalue weighted by Crippen LogP contribution is -2.41. The van der Waals surface area contributed by atoms with Crippen molar-refractivity contribution in [2.75, 3.05) is 31.1 Å². The molecule has 0 unspecified atom stereocenters. The minimum Gasteiger partial charge on any atom is -0.342 e. The molecule has 1 N–H and O–H groups in total. The minimum absolute atomic E-state index is 0.102. The number of nitrogens with zero attached hydrogens (tertiary/aromatic N) is 4. The zero-order valence-electron chi connectivity index (χ0n) is 17.8. The van der Waals surface area contributed by atoms with Gasteiger partial charge in [0.2, 0.25) is 23.7 Å². The molecule has 31 heavy (non-hydrogen) atoms. The van der Waals surface area contributed by atoms with E-state index in [1.807, 2.05) is 0 Å².